The summed E-state index contributed by atoms with van der Waals surface area (Å²) in [6.45, 7) is 4.74. The Bertz CT molecular complexity index is 3550. The van der Waals surface area contributed by atoms with Crippen LogP contribution < -0.4 is 0 Å². The van der Waals surface area contributed by atoms with Gasteiger partial charge in [0.2, 0.25) is 0 Å². The van der Waals surface area contributed by atoms with E-state index in [-0.39, 0.29) is 5.41 Å². The average molecular weight is 738 g/mol. The maximum atomic E-state index is 2.50. The molecule has 0 unspecified atom stereocenters. The Labute approximate surface area is 333 Å². The summed E-state index contributed by atoms with van der Waals surface area (Å²) in [6, 6.07) is 66.2. The van der Waals surface area contributed by atoms with Crippen LogP contribution in [0.3, 0.4) is 0 Å². The van der Waals surface area contributed by atoms with Crippen molar-refractivity contribution < 1.29 is 0 Å². The van der Waals surface area contributed by atoms with Crippen LogP contribution in [0.15, 0.2) is 176 Å². The minimum absolute atomic E-state index is 0.0966. The third-order valence-corrected chi connectivity index (χ3v) is 13.7. The van der Waals surface area contributed by atoms with Gasteiger partial charge in [-0.15, -0.1) is 0 Å². The van der Waals surface area contributed by atoms with Crippen LogP contribution in [0.2, 0.25) is 0 Å². The van der Waals surface area contributed by atoms with Crippen LogP contribution >= 0.6 is 0 Å². The molecule has 1 aliphatic rings. The second-order valence-corrected chi connectivity index (χ2v) is 16.9. The van der Waals surface area contributed by atoms with Gasteiger partial charge in [0.25, 0.3) is 0 Å². The molecule has 0 saturated carbocycles. The first-order valence-corrected chi connectivity index (χ1v) is 20.4. The summed E-state index contributed by atoms with van der Waals surface area (Å²) in [4.78, 5) is 0. The second-order valence-electron chi connectivity index (χ2n) is 16.9. The van der Waals surface area contributed by atoms with Gasteiger partial charge in [0.1, 0.15) is 0 Å². The van der Waals surface area contributed by atoms with E-state index >= 15 is 0 Å². The van der Waals surface area contributed by atoms with Crippen LogP contribution in [0.4, 0.5) is 0 Å². The molecule has 0 amide bonds. The number of aromatic nitrogens is 3. The smallest absolute Gasteiger partial charge is 0.0547 e. The zero-order valence-electron chi connectivity index (χ0n) is 32.1. The molecular formula is C55H35N3. The molecule has 0 bridgehead atoms. The van der Waals surface area contributed by atoms with Gasteiger partial charge in [-0.1, -0.05) is 117 Å². The highest BCUT2D eigenvalue weighted by atomic mass is 15.0. The van der Waals surface area contributed by atoms with Gasteiger partial charge >= 0.3 is 0 Å². The third-order valence-electron chi connectivity index (χ3n) is 13.7. The van der Waals surface area contributed by atoms with Crippen molar-refractivity contribution in [2.24, 2.45) is 0 Å². The van der Waals surface area contributed by atoms with E-state index in [0.29, 0.717) is 0 Å². The van der Waals surface area contributed by atoms with Gasteiger partial charge in [0.15, 0.2) is 0 Å². The van der Waals surface area contributed by atoms with Gasteiger partial charge in [-0.3, -0.25) is 0 Å². The van der Waals surface area contributed by atoms with E-state index in [1.807, 2.05) is 0 Å². The standard InChI is InChI=1S/C55H35N3/c1-55(2)43-14-4-3-13-39(43)40-26-23-38(31-44(40)55)56-45-27-24-36(57-47-15-5-9-32-19-20-33-10-6-16-48(57)52(33)51(32)47)29-41(45)42-30-37(25-28-46(42)56)58-49-17-7-11-34-21-22-35-12-8-18-50(58)54(35)53(34)49/h3-31H,1-2H3. The first kappa shape index (κ1) is 30.8. The molecule has 0 atom stereocenters. The molecule has 0 N–H and O–H groups in total. The zero-order valence-corrected chi connectivity index (χ0v) is 32.1. The van der Waals surface area contributed by atoms with Crippen molar-refractivity contribution in [2.75, 3.05) is 0 Å². The largest absolute Gasteiger partial charge is 0.309 e. The molecule has 0 aliphatic heterocycles. The molecule has 3 heteroatoms. The number of hydrogen-bond acceptors (Lipinski definition) is 0. The van der Waals surface area contributed by atoms with Crippen molar-refractivity contribution in [1.82, 2.24) is 13.7 Å². The van der Waals surface area contributed by atoms with Crippen LogP contribution in [0.1, 0.15) is 25.0 Å². The molecule has 58 heavy (non-hydrogen) atoms. The van der Waals surface area contributed by atoms with Gasteiger partial charge in [0, 0.05) is 54.8 Å². The fraction of sp³-hybridized carbons (Fsp3) is 0.0545. The van der Waals surface area contributed by atoms with Crippen molar-refractivity contribution >= 4 is 87.0 Å². The van der Waals surface area contributed by atoms with Crippen molar-refractivity contribution in [1.29, 1.82) is 0 Å². The van der Waals surface area contributed by atoms with E-state index in [1.54, 1.807) is 0 Å². The number of nitrogens with zero attached hydrogens (tertiary/aromatic N) is 3. The molecule has 0 fully saturated rings. The third kappa shape index (κ3) is 3.70. The Balaban J connectivity index is 1.08. The molecule has 0 saturated heterocycles. The van der Waals surface area contributed by atoms with Crippen LogP contribution in [0, 0.1) is 0 Å². The molecule has 14 rings (SSSR count). The van der Waals surface area contributed by atoms with Crippen LogP contribution in [-0.2, 0) is 5.41 Å². The summed E-state index contributed by atoms with van der Waals surface area (Å²) in [5.74, 6) is 0. The first-order chi connectivity index (χ1) is 28.5. The van der Waals surface area contributed by atoms with E-state index in [4.69, 9.17) is 0 Å². The molecule has 3 nitrogen and oxygen atoms in total. The molecule has 13 aromatic rings. The highest BCUT2D eigenvalue weighted by Crippen LogP contribution is 2.50. The summed E-state index contributed by atoms with van der Waals surface area (Å²) in [5, 5.41) is 12.9. The first-order valence-electron chi connectivity index (χ1n) is 20.4. The van der Waals surface area contributed by atoms with Crippen LogP contribution in [-0.4, -0.2) is 13.7 Å². The van der Waals surface area contributed by atoms with Gasteiger partial charge in [-0.05, 0) is 117 Å². The Morgan fingerprint density at radius 3 is 1.19 bits per heavy atom. The molecular weight excluding hydrogens is 703 g/mol. The van der Waals surface area contributed by atoms with E-state index in [2.05, 4.69) is 203 Å². The lowest BCUT2D eigenvalue weighted by molar-refractivity contribution is 0.660. The lowest BCUT2D eigenvalue weighted by Crippen LogP contribution is -2.15. The highest BCUT2D eigenvalue weighted by molar-refractivity contribution is 6.25. The monoisotopic (exact) mass is 737 g/mol. The number of rotatable bonds is 3. The second kappa shape index (κ2) is 10.5. The molecule has 270 valence electrons. The number of benzene rings is 10. The maximum absolute atomic E-state index is 2.50. The molecule has 0 spiro atoms. The fourth-order valence-electron chi connectivity index (χ4n) is 11.2. The maximum Gasteiger partial charge on any atom is 0.0547 e. The quantitative estimate of drug-likeness (QED) is 0.160. The van der Waals surface area contributed by atoms with Crippen molar-refractivity contribution in [3.05, 3.63) is 187 Å². The number of hydrogen-bond donors (Lipinski definition) is 0. The van der Waals surface area contributed by atoms with Gasteiger partial charge in [-0.25, -0.2) is 0 Å². The topological polar surface area (TPSA) is 14.8 Å². The Morgan fingerprint density at radius 1 is 0.310 bits per heavy atom. The molecule has 3 aromatic heterocycles. The summed E-state index contributed by atoms with van der Waals surface area (Å²) in [7, 11) is 0. The van der Waals surface area contributed by atoms with Crippen molar-refractivity contribution in [3.63, 3.8) is 0 Å². The fourth-order valence-corrected chi connectivity index (χ4v) is 11.2. The predicted octanol–water partition coefficient (Wildman–Crippen LogP) is 14.5. The molecule has 10 aromatic carbocycles. The molecule has 0 radical (unpaired) electrons. The summed E-state index contributed by atoms with van der Waals surface area (Å²) in [5.41, 5.74) is 16.2. The Kier molecular flexibility index (Phi) is 5.59. The Hall–Kier alpha value is -7.36. The van der Waals surface area contributed by atoms with Gasteiger partial charge < -0.3 is 13.7 Å². The average Bonchev–Trinajstić information content (AvgIpc) is 3.96. The lowest BCUT2D eigenvalue weighted by Gasteiger charge is -2.22. The number of fused-ring (bicyclic) bond motifs is 6. The lowest BCUT2D eigenvalue weighted by atomic mass is 9.82. The summed E-state index contributed by atoms with van der Waals surface area (Å²) >= 11 is 0. The van der Waals surface area contributed by atoms with E-state index < -0.39 is 0 Å². The Morgan fingerprint density at radius 2 is 0.707 bits per heavy atom. The SMILES string of the molecule is CC1(C)c2ccccc2-c2ccc(-n3c4ccc(-n5c6cccc7ccc8cccc5c8c76)cc4c4cc(-n5c6cccc7ccc8cccc5c8c76)ccc43)cc21. The van der Waals surface area contributed by atoms with Gasteiger partial charge in [0.05, 0.1) is 33.1 Å². The highest BCUT2D eigenvalue weighted by Gasteiger charge is 2.35. The van der Waals surface area contributed by atoms with Crippen LogP contribution in [0.5, 0.6) is 0 Å². The van der Waals surface area contributed by atoms with E-state index in [1.165, 1.54) is 126 Å². The minimum Gasteiger partial charge on any atom is -0.309 e. The minimum atomic E-state index is -0.0966. The summed E-state index contributed by atoms with van der Waals surface area (Å²) in [6.07, 6.45) is 0. The van der Waals surface area contributed by atoms with Gasteiger partial charge in [-0.2, -0.15) is 0 Å². The predicted molar refractivity (Wildman–Crippen MR) is 244 cm³/mol. The van der Waals surface area contributed by atoms with E-state index in [0.717, 1.165) is 0 Å². The van der Waals surface area contributed by atoms with E-state index in [9.17, 15) is 0 Å². The van der Waals surface area contributed by atoms with Crippen molar-refractivity contribution in [2.45, 2.75) is 19.3 Å². The molecule has 3 heterocycles. The van der Waals surface area contributed by atoms with Crippen LogP contribution in [0.25, 0.3) is 115 Å². The normalized spacial score (nSPS) is 13.8. The summed E-state index contributed by atoms with van der Waals surface area (Å²) < 4.78 is 7.45. The van der Waals surface area contributed by atoms with Crippen molar-refractivity contribution in [3.8, 4) is 28.2 Å². The zero-order chi connectivity index (χ0) is 38.0. The molecule has 1 aliphatic carbocycles.